The van der Waals surface area contributed by atoms with Crippen LogP contribution in [0.3, 0.4) is 0 Å². The van der Waals surface area contributed by atoms with E-state index in [1.807, 2.05) is 11.7 Å². The lowest BCUT2D eigenvalue weighted by Gasteiger charge is -2.08. The molecule has 1 aliphatic heterocycles. The molecule has 0 radical (unpaired) electrons. The molecule has 1 aromatic rings. The first-order valence-corrected chi connectivity index (χ1v) is 4.89. The van der Waals surface area contributed by atoms with Crippen molar-refractivity contribution in [3.8, 4) is 0 Å². The van der Waals surface area contributed by atoms with E-state index in [4.69, 9.17) is 0 Å². The van der Waals surface area contributed by atoms with Gasteiger partial charge in [0, 0.05) is 21.7 Å². The fourth-order valence-electron chi connectivity index (χ4n) is 1.71. The molecule has 1 aromatic heterocycles. The van der Waals surface area contributed by atoms with E-state index in [9.17, 15) is 0 Å². The summed E-state index contributed by atoms with van der Waals surface area (Å²) < 4.78 is 0. The lowest BCUT2D eigenvalue weighted by molar-refractivity contribution is 0.891. The number of hydrogen-bond acceptors (Lipinski definition) is 2. The fraction of sp³-hybridized carbons (Fsp3) is 0.222. The van der Waals surface area contributed by atoms with Crippen molar-refractivity contribution in [2.75, 3.05) is 0 Å². The third-order valence-corrected chi connectivity index (χ3v) is 3.29. The van der Waals surface area contributed by atoms with Crippen molar-refractivity contribution in [2.24, 2.45) is 4.99 Å². The zero-order chi connectivity index (χ0) is 7.97. The van der Waals surface area contributed by atoms with Crippen molar-refractivity contribution in [1.29, 1.82) is 0 Å². The Labute approximate surface area is 74.1 Å². The minimum Gasteiger partial charge on any atom is -0.361 e. The maximum absolute atomic E-state index is 4.39. The van der Waals surface area contributed by atoms with E-state index in [0.29, 0.717) is 6.04 Å². The third kappa shape index (κ3) is 0.743. The highest BCUT2D eigenvalue weighted by Gasteiger charge is 2.20. The third-order valence-electron chi connectivity index (χ3n) is 2.31. The van der Waals surface area contributed by atoms with Crippen molar-refractivity contribution < 1.29 is 0 Å². The van der Waals surface area contributed by atoms with Crippen LogP contribution in [0, 0.1) is 0 Å². The topological polar surface area (TPSA) is 28.1 Å². The predicted octanol–water partition coefficient (Wildman–Crippen LogP) is 0.451. The highest BCUT2D eigenvalue weighted by atomic mass is 32.2. The summed E-state index contributed by atoms with van der Waals surface area (Å²) >= 11 is 1.76. The lowest BCUT2D eigenvalue weighted by atomic mass is 10.1. The average Bonchev–Trinajstić information content (AvgIpc) is 2.71. The molecule has 12 heavy (non-hydrogen) atoms. The summed E-state index contributed by atoms with van der Waals surface area (Å²) in [6, 6.07) is 2.55. The first-order valence-electron chi connectivity index (χ1n) is 4.01. The first-order chi connectivity index (χ1) is 5.95. The molecule has 2 nitrogen and oxygen atoms in total. The summed E-state index contributed by atoms with van der Waals surface area (Å²) in [4.78, 5) is 9.03. The van der Waals surface area contributed by atoms with E-state index in [0.717, 1.165) is 6.42 Å². The minimum absolute atomic E-state index is 0.415. The Bertz CT molecular complexity index is 455. The van der Waals surface area contributed by atoms with Crippen LogP contribution >= 0.6 is 11.8 Å². The largest absolute Gasteiger partial charge is 0.361 e. The van der Waals surface area contributed by atoms with Crippen molar-refractivity contribution >= 4 is 28.3 Å². The molecule has 1 aliphatic carbocycles. The van der Waals surface area contributed by atoms with E-state index in [1.165, 1.54) is 15.5 Å². The summed E-state index contributed by atoms with van der Waals surface area (Å²) in [6.45, 7) is 0. The van der Waals surface area contributed by atoms with Gasteiger partial charge in [-0.2, -0.15) is 0 Å². The normalized spacial score (nSPS) is 25.0. The van der Waals surface area contributed by atoms with Crippen molar-refractivity contribution in [1.82, 2.24) is 4.98 Å². The zero-order valence-corrected chi connectivity index (χ0v) is 7.27. The number of aromatic nitrogens is 1. The predicted molar refractivity (Wildman–Crippen MR) is 52.4 cm³/mol. The van der Waals surface area contributed by atoms with Crippen molar-refractivity contribution in [2.45, 2.75) is 12.5 Å². The van der Waals surface area contributed by atoms with Crippen LogP contribution in [0.4, 0.5) is 0 Å². The summed E-state index contributed by atoms with van der Waals surface area (Å²) in [5, 5.41) is 2.60. The standard InChI is InChI=1S/C9H8N2S/c1-2-8-9(12-5-11-8)6-3-4-10-7(1)6/h1,3-5,8,10H,2H2. The van der Waals surface area contributed by atoms with Gasteiger partial charge in [-0.15, -0.1) is 0 Å². The molecule has 3 heteroatoms. The average molecular weight is 176 g/mol. The fourth-order valence-corrected chi connectivity index (χ4v) is 2.65. The second kappa shape index (κ2) is 2.26. The number of hydrogen-bond donors (Lipinski definition) is 1. The molecule has 1 atom stereocenters. The minimum atomic E-state index is 0.415. The Hall–Kier alpha value is -0.960. The number of thioether (sulfide) groups is 1. The Morgan fingerprint density at radius 2 is 2.58 bits per heavy atom. The number of aromatic amines is 1. The monoisotopic (exact) mass is 176 g/mol. The van der Waals surface area contributed by atoms with Gasteiger partial charge in [0.25, 0.3) is 0 Å². The van der Waals surface area contributed by atoms with Gasteiger partial charge in [0.05, 0.1) is 11.6 Å². The highest BCUT2D eigenvalue weighted by molar-refractivity contribution is 8.20. The molecular formula is C9H8N2S. The molecule has 0 saturated heterocycles. The smallest absolute Gasteiger partial charge is 0.0859 e. The van der Waals surface area contributed by atoms with Gasteiger partial charge in [-0.1, -0.05) is 17.8 Å². The van der Waals surface area contributed by atoms with E-state index >= 15 is 0 Å². The van der Waals surface area contributed by atoms with Gasteiger partial charge in [-0.3, -0.25) is 4.99 Å². The summed E-state index contributed by atoms with van der Waals surface area (Å²) in [7, 11) is 0. The molecule has 2 aliphatic rings. The van der Waals surface area contributed by atoms with Gasteiger partial charge in [-0.05, 0) is 12.5 Å². The van der Waals surface area contributed by atoms with Crippen molar-refractivity contribution in [3.05, 3.63) is 22.8 Å². The highest BCUT2D eigenvalue weighted by Crippen LogP contribution is 2.29. The Morgan fingerprint density at radius 1 is 1.58 bits per heavy atom. The number of rotatable bonds is 0. The summed E-state index contributed by atoms with van der Waals surface area (Å²) in [5.41, 5.74) is 1.95. The van der Waals surface area contributed by atoms with Gasteiger partial charge < -0.3 is 4.98 Å². The number of aliphatic imine (C=N–C) groups is 1. The van der Waals surface area contributed by atoms with Gasteiger partial charge in [0.2, 0.25) is 0 Å². The SMILES string of the molecule is C1=NC2CC=c3[nH]ccc3=C2S1. The molecule has 0 spiro atoms. The number of fused-ring (bicyclic) bond motifs is 2. The van der Waals surface area contributed by atoms with Gasteiger partial charge in [0.1, 0.15) is 0 Å². The Morgan fingerprint density at radius 3 is 3.58 bits per heavy atom. The van der Waals surface area contributed by atoms with E-state index in [2.05, 4.69) is 22.1 Å². The van der Waals surface area contributed by atoms with Crippen LogP contribution in [-0.2, 0) is 0 Å². The van der Waals surface area contributed by atoms with Crippen LogP contribution in [0.5, 0.6) is 0 Å². The molecule has 1 N–H and O–H groups in total. The van der Waals surface area contributed by atoms with Gasteiger partial charge in [-0.25, -0.2) is 0 Å². The Balaban J connectivity index is 2.41. The molecule has 0 bridgehead atoms. The molecule has 1 unspecified atom stereocenters. The molecule has 2 heterocycles. The summed E-state index contributed by atoms with van der Waals surface area (Å²) in [5.74, 6) is 0. The molecule has 60 valence electrons. The molecule has 0 fully saturated rings. The van der Waals surface area contributed by atoms with Crippen LogP contribution in [0.25, 0.3) is 11.0 Å². The number of H-pyrrole nitrogens is 1. The molecule has 3 rings (SSSR count). The van der Waals surface area contributed by atoms with E-state index in [-0.39, 0.29) is 0 Å². The van der Waals surface area contributed by atoms with Crippen LogP contribution in [-0.4, -0.2) is 16.6 Å². The van der Waals surface area contributed by atoms with Crippen LogP contribution < -0.4 is 10.6 Å². The maximum atomic E-state index is 4.39. The molecule has 0 aromatic carbocycles. The van der Waals surface area contributed by atoms with E-state index < -0.39 is 0 Å². The second-order valence-corrected chi connectivity index (χ2v) is 3.88. The van der Waals surface area contributed by atoms with Gasteiger partial charge >= 0.3 is 0 Å². The van der Waals surface area contributed by atoms with Crippen LogP contribution in [0.15, 0.2) is 17.3 Å². The summed E-state index contributed by atoms with van der Waals surface area (Å²) in [6.07, 6.45) is 5.27. The number of nitrogens with one attached hydrogen (secondary N) is 1. The molecular weight excluding hydrogens is 168 g/mol. The quantitative estimate of drug-likeness (QED) is 0.611. The second-order valence-electron chi connectivity index (χ2n) is 3.00. The molecule has 0 saturated carbocycles. The van der Waals surface area contributed by atoms with Crippen LogP contribution in [0.2, 0.25) is 0 Å². The van der Waals surface area contributed by atoms with Crippen LogP contribution in [0.1, 0.15) is 6.42 Å². The maximum Gasteiger partial charge on any atom is 0.0859 e. The zero-order valence-electron chi connectivity index (χ0n) is 6.45. The number of nitrogens with zero attached hydrogens (tertiary/aromatic N) is 1. The molecule has 0 amide bonds. The van der Waals surface area contributed by atoms with E-state index in [1.54, 1.807) is 11.8 Å². The Kier molecular flexibility index (Phi) is 1.23. The van der Waals surface area contributed by atoms with Gasteiger partial charge in [0.15, 0.2) is 0 Å². The van der Waals surface area contributed by atoms with Crippen molar-refractivity contribution in [3.63, 3.8) is 0 Å². The lowest BCUT2D eigenvalue weighted by Crippen LogP contribution is -2.30. The first kappa shape index (κ1) is 6.54.